The minimum Gasteiger partial charge on any atom is -0.273 e. The molecule has 1 amide bonds. The number of hydrogen-bond donors (Lipinski definition) is 1. The lowest BCUT2D eigenvalue weighted by atomic mass is 9.88. The largest absolute Gasteiger partial charge is 0.280 e. The van der Waals surface area contributed by atoms with E-state index in [9.17, 15) is 9.59 Å². The number of para-hydroxylation sites is 1. The first-order chi connectivity index (χ1) is 12.9. The van der Waals surface area contributed by atoms with E-state index in [2.05, 4.69) is 10.4 Å². The summed E-state index contributed by atoms with van der Waals surface area (Å²) >= 11 is 0. The van der Waals surface area contributed by atoms with Gasteiger partial charge in [0.15, 0.2) is 0 Å². The number of aromatic nitrogens is 2. The number of fused-ring (bicyclic) bond motifs is 1. The molecule has 0 spiro atoms. The molecule has 1 heterocycles. The molecule has 2 aromatic carbocycles. The Kier molecular flexibility index (Phi) is 5.40. The van der Waals surface area contributed by atoms with Crippen LogP contribution in [0.4, 0.5) is 0 Å². The zero-order valence-corrected chi connectivity index (χ0v) is 16.1. The van der Waals surface area contributed by atoms with Crippen LogP contribution in [0.3, 0.4) is 0 Å². The third kappa shape index (κ3) is 3.77. The third-order valence-electron chi connectivity index (χ3n) is 4.65. The summed E-state index contributed by atoms with van der Waals surface area (Å²) in [5.41, 5.74) is 4.15. The van der Waals surface area contributed by atoms with Crippen LogP contribution in [-0.2, 0) is 4.79 Å². The molecule has 27 heavy (non-hydrogen) atoms. The zero-order chi connectivity index (χ0) is 19.6. The number of nitrogens with zero attached hydrogens (tertiary/aromatic N) is 2. The lowest BCUT2D eigenvalue weighted by Gasteiger charge is -2.23. The van der Waals surface area contributed by atoms with E-state index in [4.69, 9.17) is 0 Å². The summed E-state index contributed by atoms with van der Waals surface area (Å²) in [6.07, 6.45) is 0. The van der Waals surface area contributed by atoms with Crippen molar-refractivity contribution in [1.82, 2.24) is 9.66 Å². The summed E-state index contributed by atoms with van der Waals surface area (Å²) in [6, 6.07) is 16.8. The van der Waals surface area contributed by atoms with E-state index < -0.39 is 0 Å². The second-order valence-corrected chi connectivity index (χ2v) is 7.39. The molecule has 140 valence electrons. The number of benzene rings is 2. The number of hydrogen-bond acceptors (Lipinski definition) is 3. The molecular weight excluding hydrogens is 338 g/mol. The molecule has 0 aliphatic rings. The monoisotopic (exact) mass is 363 g/mol. The van der Waals surface area contributed by atoms with Crippen LogP contribution in [0.5, 0.6) is 0 Å². The Morgan fingerprint density at radius 3 is 2.22 bits per heavy atom. The van der Waals surface area contributed by atoms with Gasteiger partial charge in [-0.25, -0.2) is 9.66 Å². The van der Waals surface area contributed by atoms with E-state index in [1.165, 1.54) is 4.68 Å². The maximum absolute atomic E-state index is 13.1. The zero-order valence-electron chi connectivity index (χ0n) is 16.1. The molecule has 0 saturated heterocycles. The SMILES string of the molecule is CC(C)c1nc2ccccc2c(=O)n1NC(=O)C(c1ccccc1)C(C)C. The first-order valence-corrected chi connectivity index (χ1v) is 9.27. The normalized spacial score (nSPS) is 12.5. The second kappa shape index (κ2) is 7.74. The van der Waals surface area contributed by atoms with Crippen molar-refractivity contribution in [3.8, 4) is 0 Å². The van der Waals surface area contributed by atoms with Crippen LogP contribution in [0, 0.1) is 5.92 Å². The van der Waals surface area contributed by atoms with Crippen LogP contribution >= 0.6 is 0 Å². The van der Waals surface area contributed by atoms with Crippen molar-refractivity contribution in [2.75, 3.05) is 5.43 Å². The van der Waals surface area contributed by atoms with Crippen LogP contribution in [0.25, 0.3) is 10.9 Å². The Bertz CT molecular complexity index is 1010. The quantitative estimate of drug-likeness (QED) is 0.744. The van der Waals surface area contributed by atoms with Gasteiger partial charge in [0.1, 0.15) is 5.82 Å². The fourth-order valence-corrected chi connectivity index (χ4v) is 3.32. The van der Waals surface area contributed by atoms with E-state index in [0.717, 1.165) is 5.56 Å². The topological polar surface area (TPSA) is 64.0 Å². The maximum atomic E-state index is 13.1. The van der Waals surface area contributed by atoms with E-state index in [-0.39, 0.29) is 29.2 Å². The molecule has 0 radical (unpaired) electrons. The molecule has 0 saturated carbocycles. The van der Waals surface area contributed by atoms with E-state index >= 15 is 0 Å². The Balaban J connectivity index is 2.07. The number of carbonyl (C=O) groups is 1. The molecule has 5 nitrogen and oxygen atoms in total. The summed E-state index contributed by atoms with van der Waals surface area (Å²) < 4.78 is 1.31. The fourth-order valence-electron chi connectivity index (χ4n) is 3.32. The molecule has 1 N–H and O–H groups in total. The summed E-state index contributed by atoms with van der Waals surface area (Å²) in [5.74, 6) is 0.0420. The van der Waals surface area contributed by atoms with Gasteiger partial charge < -0.3 is 0 Å². The van der Waals surface area contributed by atoms with Gasteiger partial charge in [-0.1, -0.05) is 70.2 Å². The Labute approximate surface area is 159 Å². The molecule has 1 aromatic heterocycles. The van der Waals surface area contributed by atoms with Gasteiger partial charge in [0.25, 0.3) is 5.56 Å². The summed E-state index contributed by atoms with van der Waals surface area (Å²) in [5, 5.41) is 0.489. The molecule has 0 fully saturated rings. The highest BCUT2D eigenvalue weighted by Gasteiger charge is 2.26. The first-order valence-electron chi connectivity index (χ1n) is 9.27. The summed E-state index contributed by atoms with van der Waals surface area (Å²) in [4.78, 5) is 30.8. The number of carbonyl (C=O) groups excluding carboxylic acids is 1. The van der Waals surface area contributed by atoms with Gasteiger partial charge in [-0.15, -0.1) is 0 Å². The van der Waals surface area contributed by atoms with Crippen LogP contribution in [-0.4, -0.2) is 15.6 Å². The van der Waals surface area contributed by atoms with Crippen LogP contribution in [0.2, 0.25) is 0 Å². The molecule has 3 rings (SSSR count). The predicted octanol–water partition coefficient (Wildman–Crippen LogP) is 4.03. The highest BCUT2D eigenvalue weighted by Crippen LogP contribution is 2.25. The molecule has 0 bridgehead atoms. The smallest absolute Gasteiger partial charge is 0.273 e. The Morgan fingerprint density at radius 2 is 1.59 bits per heavy atom. The van der Waals surface area contributed by atoms with Crippen molar-refractivity contribution in [3.05, 3.63) is 76.3 Å². The molecule has 5 heteroatoms. The maximum Gasteiger partial charge on any atom is 0.280 e. The highest BCUT2D eigenvalue weighted by molar-refractivity contribution is 5.91. The predicted molar refractivity (Wildman–Crippen MR) is 108 cm³/mol. The molecule has 1 unspecified atom stereocenters. The first kappa shape index (κ1) is 18.8. The molecule has 0 aliphatic heterocycles. The summed E-state index contributed by atoms with van der Waals surface area (Å²) in [6.45, 7) is 7.91. The average Bonchev–Trinajstić information content (AvgIpc) is 2.64. The lowest BCUT2D eigenvalue weighted by Crippen LogP contribution is -2.39. The van der Waals surface area contributed by atoms with Crippen molar-refractivity contribution < 1.29 is 4.79 Å². The molecular formula is C22H25N3O2. The standard InChI is InChI=1S/C22H25N3O2/c1-14(2)19(16-10-6-5-7-11-16)21(26)24-25-20(15(3)4)23-18-13-9-8-12-17(18)22(25)27/h5-15,19H,1-4H3,(H,24,26). The average molecular weight is 363 g/mol. The van der Waals surface area contributed by atoms with Gasteiger partial charge in [0.2, 0.25) is 5.91 Å². The molecule has 3 aromatic rings. The summed E-state index contributed by atoms with van der Waals surface area (Å²) in [7, 11) is 0. The number of amides is 1. The van der Waals surface area contributed by atoms with Crippen molar-refractivity contribution in [2.24, 2.45) is 5.92 Å². The van der Waals surface area contributed by atoms with Gasteiger partial charge >= 0.3 is 0 Å². The lowest BCUT2D eigenvalue weighted by molar-refractivity contribution is -0.119. The molecule has 1 atom stereocenters. The Hall–Kier alpha value is -2.95. The van der Waals surface area contributed by atoms with Crippen molar-refractivity contribution >= 4 is 16.8 Å². The van der Waals surface area contributed by atoms with Crippen LogP contribution in [0.1, 0.15) is 50.9 Å². The fraction of sp³-hybridized carbons (Fsp3) is 0.318. The number of nitrogens with one attached hydrogen (secondary N) is 1. The van der Waals surface area contributed by atoms with Crippen LogP contribution < -0.4 is 11.0 Å². The highest BCUT2D eigenvalue weighted by atomic mass is 16.2. The van der Waals surface area contributed by atoms with Gasteiger partial charge in [0.05, 0.1) is 16.8 Å². The third-order valence-corrected chi connectivity index (χ3v) is 4.65. The van der Waals surface area contributed by atoms with Gasteiger partial charge in [-0.2, -0.15) is 0 Å². The van der Waals surface area contributed by atoms with Gasteiger partial charge in [-0.05, 0) is 23.6 Å². The van der Waals surface area contributed by atoms with E-state index in [1.807, 2.05) is 70.2 Å². The minimum absolute atomic E-state index is 0.0168. The van der Waals surface area contributed by atoms with Crippen molar-refractivity contribution in [1.29, 1.82) is 0 Å². The van der Waals surface area contributed by atoms with E-state index in [1.54, 1.807) is 12.1 Å². The van der Waals surface area contributed by atoms with Gasteiger partial charge in [-0.3, -0.25) is 15.0 Å². The number of rotatable bonds is 5. The second-order valence-electron chi connectivity index (χ2n) is 7.39. The van der Waals surface area contributed by atoms with E-state index in [0.29, 0.717) is 16.7 Å². The van der Waals surface area contributed by atoms with Crippen LogP contribution in [0.15, 0.2) is 59.4 Å². The van der Waals surface area contributed by atoms with Gasteiger partial charge in [0, 0.05) is 5.92 Å². The minimum atomic E-state index is -0.357. The van der Waals surface area contributed by atoms with Crippen molar-refractivity contribution in [2.45, 2.75) is 39.5 Å². The van der Waals surface area contributed by atoms with Crippen molar-refractivity contribution in [3.63, 3.8) is 0 Å². The Morgan fingerprint density at radius 1 is 0.963 bits per heavy atom. The molecule has 0 aliphatic carbocycles.